The number of imidazole rings is 1. The minimum Gasteiger partial charge on any atom is -0.495 e. The topological polar surface area (TPSA) is 62.8 Å². The van der Waals surface area contributed by atoms with Gasteiger partial charge in [-0.05, 0) is 19.2 Å². The van der Waals surface area contributed by atoms with Gasteiger partial charge >= 0.3 is 0 Å². The number of methoxy groups -OCH3 is 1. The molecule has 5 heteroatoms. The van der Waals surface area contributed by atoms with Crippen molar-refractivity contribution in [3.8, 4) is 5.75 Å². The van der Waals surface area contributed by atoms with Crippen molar-refractivity contribution in [1.29, 1.82) is 0 Å². The number of aromatic amines is 1. The number of nitrogens with one attached hydrogen (secondary N) is 2. The molecule has 0 radical (unpaired) electrons. The fourth-order valence-corrected chi connectivity index (χ4v) is 1.63. The fourth-order valence-electron chi connectivity index (χ4n) is 1.63. The zero-order valence-corrected chi connectivity index (χ0v) is 9.27. The molecule has 2 aromatic heterocycles. The van der Waals surface area contributed by atoms with Crippen LogP contribution in [0.1, 0.15) is 17.6 Å². The molecule has 1 unspecified atom stereocenters. The van der Waals surface area contributed by atoms with Gasteiger partial charge in [0.1, 0.15) is 23.3 Å². The van der Waals surface area contributed by atoms with E-state index in [-0.39, 0.29) is 6.04 Å². The van der Waals surface area contributed by atoms with Crippen molar-refractivity contribution in [3.05, 3.63) is 42.2 Å². The van der Waals surface area contributed by atoms with E-state index < -0.39 is 0 Å². The lowest BCUT2D eigenvalue weighted by Crippen LogP contribution is -2.20. The summed E-state index contributed by atoms with van der Waals surface area (Å²) < 4.78 is 5.28. The van der Waals surface area contributed by atoms with E-state index in [1.807, 2.05) is 19.2 Å². The molecule has 0 aromatic carbocycles. The summed E-state index contributed by atoms with van der Waals surface area (Å²) in [4.78, 5) is 11.6. The summed E-state index contributed by atoms with van der Waals surface area (Å²) in [6, 6.07) is 3.64. The molecule has 2 aromatic rings. The minimum absolute atomic E-state index is 0.0915. The standard InChI is InChI=1S/C11H14N4O/c1-12-10(11-14-6-7-15-11)9-8(16-2)4-3-5-13-9/h3-7,10,12H,1-2H3,(H,14,15). The first-order valence-electron chi connectivity index (χ1n) is 5.02. The van der Waals surface area contributed by atoms with E-state index in [0.29, 0.717) is 0 Å². The number of H-pyrrole nitrogens is 1. The number of rotatable bonds is 4. The van der Waals surface area contributed by atoms with Crippen LogP contribution in [0.15, 0.2) is 30.7 Å². The Bertz CT molecular complexity index is 441. The molecule has 0 amide bonds. The van der Waals surface area contributed by atoms with Gasteiger partial charge in [-0.2, -0.15) is 0 Å². The van der Waals surface area contributed by atoms with Gasteiger partial charge in [0.25, 0.3) is 0 Å². The van der Waals surface area contributed by atoms with Crippen molar-refractivity contribution < 1.29 is 4.74 Å². The van der Waals surface area contributed by atoms with Gasteiger partial charge in [-0.1, -0.05) is 0 Å². The third-order valence-electron chi connectivity index (χ3n) is 2.37. The predicted octanol–water partition coefficient (Wildman–Crippen LogP) is 1.12. The second-order valence-corrected chi connectivity index (χ2v) is 3.29. The van der Waals surface area contributed by atoms with Crippen LogP contribution >= 0.6 is 0 Å². The summed E-state index contributed by atoms with van der Waals surface area (Å²) in [6.07, 6.45) is 5.25. The lowest BCUT2D eigenvalue weighted by Gasteiger charge is -2.15. The highest BCUT2D eigenvalue weighted by Gasteiger charge is 2.19. The number of nitrogens with zero attached hydrogens (tertiary/aromatic N) is 2. The molecule has 84 valence electrons. The second kappa shape index (κ2) is 4.76. The molecule has 0 saturated carbocycles. The number of hydrogen-bond donors (Lipinski definition) is 2. The Morgan fingerprint density at radius 3 is 2.88 bits per heavy atom. The second-order valence-electron chi connectivity index (χ2n) is 3.29. The normalized spacial score (nSPS) is 12.4. The van der Waals surface area contributed by atoms with Gasteiger partial charge in [-0.15, -0.1) is 0 Å². The van der Waals surface area contributed by atoms with Crippen molar-refractivity contribution in [2.75, 3.05) is 14.2 Å². The van der Waals surface area contributed by atoms with Crippen LogP contribution in [-0.4, -0.2) is 29.1 Å². The summed E-state index contributed by atoms with van der Waals surface area (Å²) >= 11 is 0. The number of aromatic nitrogens is 3. The Kier molecular flexibility index (Phi) is 3.16. The van der Waals surface area contributed by atoms with Gasteiger partial charge in [0.2, 0.25) is 0 Å². The van der Waals surface area contributed by atoms with Gasteiger partial charge in [0, 0.05) is 18.6 Å². The summed E-state index contributed by atoms with van der Waals surface area (Å²) in [5.41, 5.74) is 0.822. The van der Waals surface area contributed by atoms with Crippen LogP contribution < -0.4 is 10.1 Å². The van der Waals surface area contributed by atoms with E-state index in [1.54, 1.807) is 25.7 Å². The van der Waals surface area contributed by atoms with E-state index in [2.05, 4.69) is 20.3 Å². The molecule has 0 aliphatic rings. The number of ether oxygens (including phenoxy) is 1. The molecule has 2 heterocycles. The third-order valence-corrected chi connectivity index (χ3v) is 2.37. The molecule has 5 nitrogen and oxygen atoms in total. The van der Waals surface area contributed by atoms with E-state index >= 15 is 0 Å². The van der Waals surface area contributed by atoms with Crippen molar-refractivity contribution in [2.45, 2.75) is 6.04 Å². The van der Waals surface area contributed by atoms with Crippen molar-refractivity contribution >= 4 is 0 Å². The van der Waals surface area contributed by atoms with Crippen molar-refractivity contribution in [1.82, 2.24) is 20.3 Å². The van der Waals surface area contributed by atoms with Crippen molar-refractivity contribution in [3.63, 3.8) is 0 Å². The van der Waals surface area contributed by atoms with E-state index in [9.17, 15) is 0 Å². The van der Waals surface area contributed by atoms with Crippen LogP contribution in [-0.2, 0) is 0 Å². The monoisotopic (exact) mass is 218 g/mol. The fraction of sp³-hybridized carbons (Fsp3) is 0.273. The molecule has 2 N–H and O–H groups in total. The summed E-state index contributed by atoms with van der Waals surface area (Å²) in [5.74, 6) is 1.57. The van der Waals surface area contributed by atoms with E-state index in [4.69, 9.17) is 4.74 Å². The first kappa shape index (κ1) is 10.6. The van der Waals surface area contributed by atoms with Gasteiger partial charge < -0.3 is 15.0 Å². The molecule has 16 heavy (non-hydrogen) atoms. The molecule has 0 spiro atoms. The predicted molar refractivity (Wildman–Crippen MR) is 60.3 cm³/mol. The van der Waals surface area contributed by atoms with Crippen molar-refractivity contribution in [2.24, 2.45) is 0 Å². The molecule has 1 atom stereocenters. The Balaban J connectivity index is 2.41. The average Bonchev–Trinajstić information content (AvgIpc) is 2.84. The molecular weight excluding hydrogens is 204 g/mol. The molecule has 0 aliphatic carbocycles. The van der Waals surface area contributed by atoms with Gasteiger partial charge in [-0.3, -0.25) is 4.98 Å². The SMILES string of the molecule is CNC(c1ncc[nH]1)c1ncccc1OC. The third kappa shape index (κ3) is 1.90. The quantitative estimate of drug-likeness (QED) is 0.807. The van der Waals surface area contributed by atoms with E-state index in [1.165, 1.54) is 0 Å². The maximum atomic E-state index is 5.28. The Morgan fingerprint density at radius 2 is 2.25 bits per heavy atom. The Labute approximate surface area is 93.9 Å². The van der Waals surface area contributed by atoms with Crippen LogP contribution in [0.2, 0.25) is 0 Å². The maximum absolute atomic E-state index is 5.28. The smallest absolute Gasteiger partial charge is 0.142 e. The van der Waals surface area contributed by atoms with Gasteiger partial charge in [0.05, 0.1) is 7.11 Å². The maximum Gasteiger partial charge on any atom is 0.142 e. The Hall–Kier alpha value is -1.88. The number of pyridine rings is 1. The van der Waals surface area contributed by atoms with Crippen LogP contribution in [0.3, 0.4) is 0 Å². The van der Waals surface area contributed by atoms with Crippen LogP contribution in [0.25, 0.3) is 0 Å². The first-order valence-corrected chi connectivity index (χ1v) is 5.02. The molecule has 0 bridgehead atoms. The average molecular weight is 218 g/mol. The lowest BCUT2D eigenvalue weighted by molar-refractivity contribution is 0.400. The molecule has 2 rings (SSSR count). The zero-order valence-electron chi connectivity index (χ0n) is 9.27. The summed E-state index contributed by atoms with van der Waals surface area (Å²) in [7, 11) is 3.50. The first-order chi connectivity index (χ1) is 7.86. The molecule has 0 fully saturated rings. The molecule has 0 aliphatic heterocycles. The summed E-state index contributed by atoms with van der Waals surface area (Å²) in [5, 5.41) is 3.16. The molecular formula is C11H14N4O. The highest BCUT2D eigenvalue weighted by molar-refractivity contribution is 5.32. The summed E-state index contributed by atoms with van der Waals surface area (Å²) in [6.45, 7) is 0. The lowest BCUT2D eigenvalue weighted by atomic mass is 10.1. The minimum atomic E-state index is -0.0915. The largest absolute Gasteiger partial charge is 0.495 e. The van der Waals surface area contributed by atoms with Crippen LogP contribution in [0.4, 0.5) is 0 Å². The molecule has 0 saturated heterocycles. The highest BCUT2D eigenvalue weighted by atomic mass is 16.5. The van der Waals surface area contributed by atoms with E-state index in [0.717, 1.165) is 17.3 Å². The Morgan fingerprint density at radius 1 is 1.38 bits per heavy atom. The van der Waals surface area contributed by atoms with Crippen LogP contribution in [0, 0.1) is 0 Å². The highest BCUT2D eigenvalue weighted by Crippen LogP contribution is 2.25. The zero-order chi connectivity index (χ0) is 11.4. The van der Waals surface area contributed by atoms with Gasteiger partial charge in [0.15, 0.2) is 0 Å². The van der Waals surface area contributed by atoms with Gasteiger partial charge in [-0.25, -0.2) is 4.98 Å². The van der Waals surface area contributed by atoms with Crippen LogP contribution in [0.5, 0.6) is 5.75 Å². The number of hydrogen-bond acceptors (Lipinski definition) is 4.